The van der Waals surface area contributed by atoms with Crippen LogP contribution in [0.25, 0.3) is 0 Å². The number of amides is 1. The maximum Gasteiger partial charge on any atom is 0.573 e. The van der Waals surface area contributed by atoms with Crippen LogP contribution in [0.1, 0.15) is 68.8 Å². The number of hydrogen-bond donors (Lipinski definition) is 0. The number of aryl methyl sites for hydroxylation is 1. The van der Waals surface area contributed by atoms with E-state index in [1.165, 1.54) is 22.9 Å². The lowest BCUT2D eigenvalue weighted by molar-refractivity contribution is -0.274. The summed E-state index contributed by atoms with van der Waals surface area (Å²) in [5, 5.41) is 11.8. The van der Waals surface area contributed by atoms with Crippen LogP contribution in [0.3, 0.4) is 0 Å². The summed E-state index contributed by atoms with van der Waals surface area (Å²) in [6.07, 6.45) is -15.0. The quantitative estimate of drug-likeness (QED) is 0.258. The largest absolute Gasteiger partial charge is 0.573 e. The highest BCUT2D eigenvalue weighted by Crippen LogP contribution is 2.46. The van der Waals surface area contributed by atoms with Gasteiger partial charge in [-0.25, -0.2) is 0 Å². The highest BCUT2D eigenvalue weighted by Gasteiger charge is 2.43. The molecule has 0 bridgehead atoms. The van der Waals surface area contributed by atoms with E-state index in [4.69, 9.17) is 0 Å². The molecule has 0 fully saturated rings. The molecular weight excluding hydrogens is 623 g/mol. The maximum atomic E-state index is 13.7. The van der Waals surface area contributed by atoms with Crippen LogP contribution >= 0.6 is 0 Å². The van der Waals surface area contributed by atoms with Crippen molar-refractivity contribution in [3.8, 4) is 5.75 Å². The van der Waals surface area contributed by atoms with Crippen molar-refractivity contribution in [2.45, 2.75) is 77.9 Å². The van der Waals surface area contributed by atoms with E-state index in [2.05, 4.69) is 20.1 Å². The predicted molar refractivity (Wildman–Crippen MR) is 143 cm³/mol. The topological polar surface area (TPSA) is 76.4 Å². The Balaban J connectivity index is 1.94. The van der Waals surface area contributed by atoms with Crippen LogP contribution < -0.4 is 14.5 Å². The number of hydrogen-bond acceptors (Lipinski definition) is 6. The van der Waals surface area contributed by atoms with Gasteiger partial charge in [-0.05, 0) is 60.0 Å². The van der Waals surface area contributed by atoms with E-state index in [9.17, 15) is 44.3 Å². The van der Waals surface area contributed by atoms with Gasteiger partial charge in [0.25, 0.3) is 5.95 Å². The number of ether oxygens (including phenoxy) is 1. The van der Waals surface area contributed by atoms with Crippen molar-refractivity contribution in [3.05, 3.63) is 58.7 Å². The van der Waals surface area contributed by atoms with Crippen LogP contribution in [0, 0.1) is 5.41 Å². The normalized spacial score (nSPS) is 17.7. The number of halogens is 9. The molecular formula is C28H29F9N6O2. The fraction of sp³-hybridized carbons (Fsp3) is 0.500. The number of carbonyl (C=O) groups excluding carboxylic acids is 1. The van der Waals surface area contributed by atoms with E-state index in [0.29, 0.717) is 18.6 Å². The molecule has 0 radical (unpaired) electrons. The summed E-state index contributed by atoms with van der Waals surface area (Å²) in [6.45, 7) is 6.13. The molecule has 3 aromatic rings. The molecule has 2 atom stereocenters. The van der Waals surface area contributed by atoms with Crippen LogP contribution in [0.2, 0.25) is 0 Å². The molecule has 1 aliphatic heterocycles. The van der Waals surface area contributed by atoms with Gasteiger partial charge >= 0.3 is 18.7 Å². The van der Waals surface area contributed by atoms with Gasteiger partial charge in [-0.1, -0.05) is 32.8 Å². The summed E-state index contributed by atoms with van der Waals surface area (Å²) in [6, 6.07) is 2.82. The molecule has 0 unspecified atom stereocenters. The first-order chi connectivity index (χ1) is 20.6. The van der Waals surface area contributed by atoms with Gasteiger partial charge in [-0.2, -0.15) is 31.1 Å². The van der Waals surface area contributed by atoms with Crippen molar-refractivity contribution in [3.63, 3.8) is 0 Å². The third kappa shape index (κ3) is 7.61. The summed E-state index contributed by atoms with van der Waals surface area (Å²) in [4.78, 5) is 17.3. The monoisotopic (exact) mass is 652 g/mol. The molecule has 0 saturated heterocycles. The Morgan fingerprint density at radius 1 is 0.956 bits per heavy atom. The molecule has 0 saturated carbocycles. The number of carbonyl (C=O) groups is 1. The van der Waals surface area contributed by atoms with Crippen LogP contribution in [0.4, 0.5) is 51.1 Å². The lowest BCUT2D eigenvalue weighted by Gasteiger charge is -2.46. The number of benzene rings is 2. The Hall–Kier alpha value is -4.05. The lowest BCUT2D eigenvalue weighted by atomic mass is 9.85. The summed E-state index contributed by atoms with van der Waals surface area (Å²) in [5.41, 5.74) is -4.14. The van der Waals surface area contributed by atoms with E-state index in [0.717, 1.165) is 16.9 Å². The summed E-state index contributed by atoms with van der Waals surface area (Å²) >= 11 is 0. The second-order valence-electron chi connectivity index (χ2n) is 11.6. The third-order valence-corrected chi connectivity index (χ3v) is 7.17. The molecule has 17 heteroatoms. The average Bonchev–Trinajstić information content (AvgIpc) is 3.33. The Kier molecular flexibility index (Phi) is 8.80. The first-order valence-corrected chi connectivity index (χ1v) is 13.6. The third-order valence-electron chi connectivity index (χ3n) is 7.17. The zero-order valence-corrected chi connectivity index (χ0v) is 24.6. The number of fused-ring (bicyclic) bond motifs is 1. The van der Waals surface area contributed by atoms with Crippen molar-refractivity contribution in [2.75, 3.05) is 9.80 Å². The number of tetrazole rings is 1. The van der Waals surface area contributed by atoms with Gasteiger partial charge < -0.3 is 14.5 Å². The first-order valence-electron chi connectivity index (χ1n) is 13.6. The second-order valence-corrected chi connectivity index (χ2v) is 11.6. The molecule has 4 rings (SSSR count). The highest BCUT2D eigenvalue weighted by molar-refractivity contribution is 5.99. The minimum atomic E-state index is -5.12. The molecule has 45 heavy (non-hydrogen) atoms. The van der Waals surface area contributed by atoms with Gasteiger partial charge in [-0.15, -0.1) is 18.3 Å². The molecule has 1 aromatic heterocycles. The van der Waals surface area contributed by atoms with Crippen molar-refractivity contribution < 1.29 is 49.0 Å². The summed E-state index contributed by atoms with van der Waals surface area (Å²) < 4.78 is 126. The van der Waals surface area contributed by atoms with E-state index < -0.39 is 65.2 Å². The van der Waals surface area contributed by atoms with Crippen LogP contribution in [0.15, 0.2) is 36.4 Å². The van der Waals surface area contributed by atoms with Crippen LogP contribution in [-0.2, 0) is 30.7 Å². The van der Waals surface area contributed by atoms with Crippen molar-refractivity contribution in [1.29, 1.82) is 0 Å². The average molecular weight is 653 g/mol. The Morgan fingerprint density at radius 2 is 1.56 bits per heavy atom. The summed E-state index contributed by atoms with van der Waals surface area (Å²) in [7, 11) is 1.38. The summed E-state index contributed by atoms with van der Waals surface area (Å²) in [5.74, 6) is -1.21. The molecule has 8 nitrogen and oxygen atoms in total. The van der Waals surface area contributed by atoms with Crippen molar-refractivity contribution in [2.24, 2.45) is 12.5 Å². The Morgan fingerprint density at radius 3 is 2.02 bits per heavy atom. The molecule has 2 heterocycles. The molecule has 0 spiro atoms. The van der Waals surface area contributed by atoms with Gasteiger partial charge in [0.15, 0.2) is 0 Å². The SMILES string of the molecule is CC[C@@H]1C[C@H](N(Cc2cc(C(F)(F)F)cc(C(F)(F)F)c2)c2nnn(C)n2)c2cc(OC(F)(F)F)ccc2N1C(=O)C(C)(C)C. The minimum absolute atomic E-state index is 0.00410. The van der Waals surface area contributed by atoms with E-state index in [1.54, 1.807) is 27.7 Å². The van der Waals surface area contributed by atoms with E-state index in [-0.39, 0.29) is 35.6 Å². The molecule has 1 aliphatic rings. The van der Waals surface area contributed by atoms with E-state index >= 15 is 0 Å². The fourth-order valence-corrected chi connectivity index (χ4v) is 5.20. The second kappa shape index (κ2) is 11.7. The van der Waals surface area contributed by atoms with Gasteiger partial charge in [0.1, 0.15) is 5.75 Å². The van der Waals surface area contributed by atoms with Crippen LogP contribution in [-0.4, -0.2) is 38.5 Å². The number of rotatable bonds is 6. The fourth-order valence-electron chi connectivity index (χ4n) is 5.20. The van der Waals surface area contributed by atoms with Gasteiger partial charge in [0.05, 0.1) is 24.2 Å². The lowest BCUT2D eigenvalue weighted by Crippen LogP contribution is -2.51. The zero-order chi connectivity index (χ0) is 33.7. The maximum absolute atomic E-state index is 13.7. The van der Waals surface area contributed by atoms with Gasteiger partial charge in [0, 0.05) is 29.3 Å². The molecule has 0 aliphatic carbocycles. The standard InChI is InChI=1S/C28H29F9N6O2/c1-6-18-12-22(20-13-19(45-28(35,36)37)7-8-21(20)43(18)23(44)25(2,3)4)42(24-38-40-41(5)39-24)14-15-9-16(26(29,30)31)11-17(10-15)27(32,33)34/h7-11,13,18,22H,6,12,14H2,1-5H3/t18-,22+/m1/s1. The molecule has 1 amide bonds. The molecule has 2 aromatic carbocycles. The highest BCUT2D eigenvalue weighted by atomic mass is 19.4. The number of alkyl halides is 9. The minimum Gasteiger partial charge on any atom is -0.406 e. The van der Waals surface area contributed by atoms with Gasteiger partial charge in [-0.3, -0.25) is 4.79 Å². The smallest absolute Gasteiger partial charge is 0.406 e. The van der Waals surface area contributed by atoms with Crippen molar-refractivity contribution in [1.82, 2.24) is 20.2 Å². The predicted octanol–water partition coefficient (Wildman–Crippen LogP) is 7.46. The number of aromatic nitrogens is 4. The first kappa shape index (κ1) is 33.8. The Labute approximate surface area is 251 Å². The van der Waals surface area contributed by atoms with Gasteiger partial charge in [0.2, 0.25) is 5.91 Å². The van der Waals surface area contributed by atoms with Crippen LogP contribution in [0.5, 0.6) is 5.75 Å². The van der Waals surface area contributed by atoms with Crippen molar-refractivity contribution >= 4 is 17.5 Å². The number of anilines is 2. The zero-order valence-electron chi connectivity index (χ0n) is 24.6. The van der Waals surface area contributed by atoms with E-state index in [1.807, 2.05) is 0 Å². The number of nitrogens with zero attached hydrogens (tertiary/aromatic N) is 6. The Bertz CT molecular complexity index is 1510. The molecule has 0 N–H and O–H groups in total. The molecule has 246 valence electrons.